The Morgan fingerprint density at radius 2 is 1.71 bits per heavy atom. The normalized spacial score (nSPS) is 14.9. The van der Waals surface area contributed by atoms with Crippen molar-refractivity contribution in [2.45, 2.75) is 46.2 Å². The minimum absolute atomic E-state index is 0.209. The SMILES string of the molecule is CCN(Cc1ccccc1)C(=O)c1cc(NC(=O)C(=O)NC2CCCN(c3c(C)cc(Br)cc3C)C2=O)ccc1Cl. The Bertz CT molecular complexity index is 1460. The van der Waals surface area contributed by atoms with Gasteiger partial charge in [-0.05, 0) is 80.6 Å². The highest BCUT2D eigenvalue weighted by Gasteiger charge is 2.33. The van der Waals surface area contributed by atoms with E-state index < -0.39 is 17.9 Å². The third-order valence-electron chi connectivity index (χ3n) is 7.02. The molecule has 1 atom stereocenters. The highest BCUT2D eigenvalue weighted by molar-refractivity contribution is 9.10. The number of piperidine rings is 1. The molecule has 10 heteroatoms. The molecule has 214 valence electrons. The third kappa shape index (κ3) is 7.15. The number of benzene rings is 3. The zero-order valence-corrected chi connectivity index (χ0v) is 25.5. The zero-order valence-electron chi connectivity index (χ0n) is 23.2. The van der Waals surface area contributed by atoms with E-state index in [0.29, 0.717) is 32.5 Å². The van der Waals surface area contributed by atoms with Gasteiger partial charge < -0.3 is 20.4 Å². The van der Waals surface area contributed by atoms with Crippen LogP contribution in [0.4, 0.5) is 11.4 Å². The summed E-state index contributed by atoms with van der Waals surface area (Å²) in [5, 5.41) is 5.35. The van der Waals surface area contributed by atoms with Crippen LogP contribution in [0.2, 0.25) is 5.02 Å². The number of hydrogen-bond acceptors (Lipinski definition) is 4. The van der Waals surface area contributed by atoms with Crippen molar-refractivity contribution in [2.75, 3.05) is 23.3 Å². The number of halogens is 2. The van der Waals surface area contributed by atoms with Gasteiger partial charge in [0.25, 0.3) is 5.91 Å². The lowest BCUT2D eigenvalue weighted by atomic mass is 10.0. The summed E-state index contributed by atoms with van der Waals surface area (Å²) in [5.74, 6) is -2.43. The van der Waals surface area contributed by atoms with Gasteiger partial charge in [-0.1, -0.05) is 57.9 Å². The molecule has 1 saturated heterocycles. The van der Waals surface area contributed by atoms with Crippen LogP contribution in [0.1, 0.15) is 46.8 Å². The summed E-state index contributed by atoms with van der Waals surface area (Å²) in [6.07, 6.45) is 1.10. The Labute approximate surface area is 253 Å². The number of carbonyl (C=O) groups is 4. The Morgan fingerprint density at radius 1 is 1.02 bits per heavy atom. The van der Waals surface area contributed by atoms with Gasteiger partial charge in [-0.2, -0.15) is 0 Å². The van der Waals surface area contributed by atoms with Gasteiger partial charge in [-0.3, -0.25) is 19.2 Å². The molecule has 0 bridgehead atoms. The van der Waals surface area contributed by atoms with E-state index in [4.69, 9.17) is 11.6 Å². The molecule has 1 heterocycles. The van der Waals surface area contributed by atoms with E-state index in [0.717, 1.165) is 26.9 Å². The summed E-state index contributed by atoms with van der Waals surface area (Å²) in [5.41, 5.74) is 4.11. The lowest BCUT2D eigenvalue weighted by Gasteiger charge is -2.34. The van der Waals surface area contributed by atoms with Crippen molar-refractivity contribution in [3.8, 4) is 0 Å². The molecular formula is C31H32BrClN4O4. The van der Waals surface area contributed by atoms with Gasteiger partial charge in [0.15, 0.2) is 0 Å². The Morgan fingerprint density at radius 3 is 2.37 bits per heavy atom. The molecule has 0 radical (unpaired) electrons. The number of nitrogens with zero attached hydrogens (tertiary/aromatic N) is 2. The first-order valence-corrected chi connectivity index (χ1v) is 14.6. The van der Waals surface area contributed by atoms with Gasteiger partial charge in [0, 0.05) is 35.5 Å². The monoisotopic (exact) mass is 638 g/mol. The maximum Gasteiger partial charge on any atom is 0.313 e. The van der Waals surface area contributed by atoms with E-state index in [1.807, 2.05) is 63.2 Å². The van der Waals surface area contributed by atoms with Crippen molar-refractivity contribution in [1.82, 2.24) is 10.2 Å². The second-order valence-corrected chi connectivity index (χ2v) is 11.3. The van der Waals surface area contributed by atoms with Gasteiger partial charge in [-0.15, -0.1) is 0 Å². The number of aryl methyl sites for hydroxylation is 2. The molecule has 4 rings (SSSR count). The molecule has 0 aromatic heterocycles. The summed E-state index contributed by atoms with van der Waals surface area (Å²) in [6, 6.07) is 17.1. The number of amides is 4. The first kappa shape index (κ1) is 30.3. The van der Waals surface area contributed by atoms with Crippen molar-refractivity contribution >= 4 is 62.5 Å². The number of rotatable bonds is 7. The molecule has 0 aliphatic carbocycles. The van der Waals surface area contributed by atoms with Crippen LogP contribution < -0.4 is 15.5 Å². The minimum Gasteiger partial charge on any atom is -0.336 e. The van der Waals surface area contributed by atoms with Crippen molar-refractivity contribution in [1.29, 1.82) is 0 Å². The van der Waals surface area contributed by atoms with E-state index in [2.05, 4.69) is 26.6 Å². The van der Waals surface area contributed by atoms with Gasteiger partial charge in [0.2, 0.25) is 5.91 Å². The summed E-state index contributed by atoms with van der Waals surface area (Å²) < 4.78 is 0.924. The van der Waals surface area contributed by atoms with E-state index in [9.17, 15) is 19.2 Å². The predicted molar refractivity (Wildman–Crippen MR) is 164 cm³/mol. The topological polar surface area (TPSA) is 98.8 Å². The summed E-state index contributed by atoms with van der Waals surface area (Å²) in [4.78, 5) is 55.6. The van der Waals surface area contributed by atoms with E-state index in [1.165, 1.54) is 18.2 Å². The quantitative estimate of drug-likeness (QED) is 0.328. The molecule has 2 N–H and O–H groups in total. The summed E-state index contributed by atoms with van der Waals surface area (Å²) >= 11 is 9.83. The number of nitrogens with one attached hydrogen (secondary N) is 2. The van der Waals surface area contributed by atoms with E-state index >= 15 is 0 Å². The second kappa shape index (κ2) is 13.3. The number of carbonyl (C=O) groups excluding carboxylic acids is 4. The van der Waals surface area contributed by atoms with Crippen LogP contribution in [0.15, 0.2) is 65.1 Å². The molecule has 1 unspecified atom stereocenters. The van der Waals surface area contributed by atoms with Crippen LogP contribution >= 0.6 is 27.5 Å². The Balaban J connectivity index is 1.43. The van der Waals surface area contributed by atoms with Crippen molar-refractivity contribution in [3.63, 3.8) is 0 Å². The van der Waals surface area contributed by atoms with Crippen LogP contribution in [-0.2, 0) is 20.9 Å². The van der Waals surface area contributed by atoms with Crippen LogP contribution in [0, 0.1) is 13.8 Å². The fourth-order valence-electron chi connectivity index (χ4n) is 5.04. The highest BCUT2D eigenvalue weighted by atomic mass is 79.9. The zero-order chi connectivity index (χ0) is 29.7. The Kier molecular flexibility index (Phi) is 9.83. The smallest absolute Gasteiger partial charge is 0.313 e. The fourth-order valence-corrected chi connectivity index (χ4v) is 5.93. The predicted octanol–water partition coefficient (Wildman–Crippen LogP) is 5.63. The van der Waals surface area contributed by atoms with Gasteiger partial charge in [0.1, 0.15) is 6.04 Å². The molecule has 3 aromatic rings. The molecule has 1 fully saturated rings. The maximum atomic E-state index is 13.3. The van der Waals surface area contributed by atoms with Gasteiger partial charge in [0.05, 0.1) is 10.6 Å². The van der Waals surface area contributed by atoms with Crippen molar-refractivity contribution in [3.05, 3.63) is 92.4 Å². The lowest BCUT2D eigenvalue weighted by Crippen LogP contribution is -2.54. The molecule has 1 aliphatic heterocycles. The molecule has 0 spiro atoms. The summed E-state index contributed by atoms with van der Waals surface area (Å²) in [7, 11) is 0. The van der Waals surface area contributed by atoms with E-state index in [1.54, 1.807) is 9.80 Å². The number of hydrogen-bond donors (Lipinski definition) is 2. The van der Waals surface area contributed by atoms with Gasteiger partial charge >= 0.3 is 11.8 Å². The van der Waals surface area contributed by atoms with Crippen LogP contribution in [0.3, 0.4) is 0 Å². The fraction of sp³-hybridized carbons (Fsp3) is 0.290. The van der Waals surface area contributed by atoms with Gasteiger partial charge in [-0.25, -0.2) is 0 Å². The molecule has 1 aliphatic rings. The minimum atomic E-state index is -0.941. The Hall–Kier alpha value is -3.69. The van der Waals surface area contributed by atoms with Crippen LogP contribution in [0.5, 0.6) is 0 Å². The third-order valence-corrected chi connectivity index (χ3v) is 7.80. The average Bonchev–Trinajstić information content (AvgIpc) is 2.94. The van der Waals surface area contributed by atoms with E-state index in [-0.39, 0.29) is 28.1 Å². The molecule has 41 heavy (non-hydrogen) atoms. The first-order valence-electron chi connectivity index (χ1n) is 13.4. The standard InChI is InChI=1S/C31H32BrClN4O4/c1-4-36(18-21-9-6-5-7-10-21)30(40)24-17-23(12-13-25(24)33)34-28(38)29(39)35-26-11-8-14-37(31(26)41)27-19(2)15-22(32)16-20(27)3/h5-7,9-10,12-13,15-17,26H,4,8,11,14,18H2,1-3H3,(H,34,38)(H,35,39). The molecule has 0 saturated carbocycles. The largest absolute Gasteiger partial charge is 0.336 e. The molecule has 4 amide bonds. The molecule has 3 aromatic carbocycles. The average molecular weight is 640 g/mol. The van der Waals surface area contributed by atoms with Crippen LogP contribution in [0.25, 0.3) is 0 Å². The van der Waals surface area contributed by atoms with Crippen molar-refractivity contribution in [2.24, 2.45) is 0 Å². The molecular weight excluding hydrogens is 608 g/mol. The lowest BCUT2D eigenvalue weighted by molar-refractivity contribution is -0.138. The van der Waals surface area contributed by atoms with Crippen molar-refractivity contribution < 1.29 is 19.2 Å². The van der Waals surface area contributed by atoms with Crippen LogP contribution in [-0.4, -0.2) is 47.7 Å². The summed E-state index contributed by atoms with van der Waals surface area (Å²) in [6.45, 7) is 7.12. The first-order chi connectivity index (χ1) is 19.6. The molecule has 8 nitrogen and oxygen atoms in total. The maximum absolute atomic E-state index is 13.3. The highest BCUT2D eigenvalue weighted by Crippen LogP contribution is 2.31. The number of anilines is 2. The second-order valence-electron chi connectivity index (χ2n) is 10.0.